The van der Waals surface area contributed by atoms with Crippen LogP contribution in [0.3, 0.4) is 0 Å². The Morgan fingerprint density at radius 3 is 2.52 bits per heavy atom. The molecule has 1 amide bonds. The first-order valence-corrected chi connectivity index (χ1v) is 10.2. The van der Waals surface area contributed by atoms with E-state index in [1.807, 2.05) is 60.8 Å². The van der Waals surface area contributed by atoms with Gasteiger partial charge in [-0.05, 0) is 48.0 Å². The summed E-state index contributed by atoms with van der Waals surface area (Å²) in [6, 6.07) is 23.1. The van der Waals surface area contributed by atoms with Crippen LogP contribution in [0.1, 0.15) is 21.5 Å². The number of rotatable bonds is 5. The van der Waals surface area contributed by atoms with E-state index in [0.717, 1.165) is 38.1 Å². The molecule has 0 saturated heterocycles. The average Bonchev–Trinajstić information content (AvgIpc) is 3.08. The molecule has 144 valence electrons. The predicted octanol–water partition coefficient (Wildman–Crippen LogP) is 5.87. The maximum absolute atomic E-state index is 12.2. The molecule has 0 aliphatic rings. The summed E-state index contributed by atoms with van der Waals surface area (Å²) in [7, 11) is 0. The van der Waals surface area contributed by atoms with E-state index >= 15 is 0 Å². The monoisotopic (exact) mass is 465 g/mol. The highest BCUT2D eigenvalue weighted by molar-refractivity contribution is 9.10. The Kier molecular flexibility index (Phi) is 5.79. The number of fused-ring (bicyclic) bond motifs is 1. The summed E-state index contributed by atoms with van der Waals surface area (Å²) in [5.74, 6) is -0.251. The van der Waals surface area contributed by atoms with Gasteiger partial charge in [-0.2, -0.15) is 5.10 Å². The molecule has 0 atom stereocenters. The number of hydrogen-bond acceptors (Lipinski definition) is 2. The quantitative estimate of drug-likeness (QED) is 0.290. The Labute approximate surface area is 181 Å². The molecular formula is C23H17BrClN3O. The lowest BCUT2D eigenvalue weighted by atomic mass is 10.2. The van der Waals surface area contributed by atoms with Gasteiger partial charge < -0.3 is 4.57 Å². The molecule has 6 heteroatoms. The van der Waals surface area contributed by atoms with Crippen LogP contribution in [0.25, 0.3) is 10.9 Å². The standard InChI is InChI=1S/C23H17BrClN3O/c24-19-9-7-17(8-10-19)23(29)27-26-13-18-15-28(22-4-2-1-3-21(18)22)14-16-5-11-20(25)12-6-16/h1-13,15H,14H2,(H,27,29)/b26-13-. The Bertz CT molecular complexity index is 1180. The normalized spacial score (nSPS) is 11.2. The first kappa shape index (κ1) is 19.4. The molecule has 0 bridgehead atoms. The van der Waals surface area contributed by atoms with Gasteiger partial charge in [0.1, 0.15) is 0 Å². The molecule has 29 heavy (non-hydrogen) atoms. The molecule has 0 unspecified atom stereocenters. The molecular weight excluding hydrogens is 450 g/mol. The van der Waals surface area contributed by atoms with Crippen molar-refractivity contribution >= 4 is 50.6 Å². The third-order valence-electron chi connectivity index (χ3n) is 4.56. The molecule has 0 fully saturated rings. The molecule has 1 heterocycles. The van der Waals surface area contributed by atoms with Crippen molar-refractivity contribution in [2.45, 2.75) is 6.54 Å². The summed E-state index contributed by atoms with van der Waals surface area (Å²) >= 11 is 9.35. The van der Waals surface area contributed by atoms with E-state index in [9.17, 15) is 4.79 Å². The van der Waals surface area contributed by atoms with Gasteiger partial charge in [0.05, 0.1) is 6.21 Å². The molecule has 3 aromatic carbocycles. The first-order chi connectivity index (χ1) is 14.1. The molecule has 1 aromatic heterocycles. The number of nitrogens with one attached hydrogen (secondary N) is 1. The smallest absolute Gasteiger partial charge is 0.271 e. The second-order valence-corrected chi connectivity index (χ2v) is 7.91. The number of nitrogens with zero attached hydrogens (tertiary/aromatic N) is 2. The molecule has 0 radical (unpaired) electrons. The lowest BCUT2D eigenvalue weighted by Crippen LogP contribution is -2.17. The fourth-order valence-corrected chi connectivity index (χ4v) is 3.51. The molecule has 4 aromatic rings. The first-order valence-electron chi connectivity index (χ1n) is 9.01. The lowest BCUT2D eigenvalue weighted by molar-refractivity contribution is 0.0955. The van der Waals surface area contributed by atoms with Gasteiger partial charge in [0, 0.05) is 44.3 Å². The van der Waals surface area contributed by atoms with Crippen LogP contribution in [-0.2, 0) is 6.54 Å². The van der Waals surface area contributed by atoms with Gasteiger partial charge in [-0.3, -0.25) is 4.79 Å². The molecule has 0 aliphatic carbocycles. The van der Waals surface area contributed by atoms with Crippen molar-refractivity contribution in [3.63, 3.8) is 0 Å². The van der Waals surface area contributed by atoms with Gasteiger partial charge in [-0.1, -0.05) is 57.9 Å². The van der Waals surface area contributed by atoms with E-state index in [4.69, 9.17) is 11.6 Å². The fourth-order valence-electron chi connectivity index (χ4n) is 3.12. The minimum Gasteiger partial charge on any atom is -0.342 e. The molecule has 0 spiro atoms. The van der Waals surface area contributed by atoms with E-state index in [1.165, 1.54) is 0 Å². The van der Waals surface area contributed by atoms with Gasteiger partial charge in [0.25, 0.3) is 5.91 Å². The van der Waals surface area contributed by atoms with Crippen LogP contribution >= 0.6 is 27.5 Å². The highest BCUT2D eigenvalue weighted by Gasteiger charge is 2.08. The Morgan fingerprint density at radius 1 is 1.03 bits per heavy atom. The number of hydrogen-bond donors (Lipinski definition) is 1. The van der Waals surface area contributed by atoms with Gasteiger partial charge >= 0.3 is 0 Å². The highest BCUT2D eigenvalue weighted by atomic mass is 79.9. The van der Waals surface area contributed by atoms with Gasteiger partial charge in [0.15, 0.2) is 0 Å². The molecule has 0 saturated carbocycles. The number of carbonyl (C=O) groups excluding carboxylic acids is 1. The van der Waals surface area contributed by atoms with E-state index in [2.05, 4.69) is 37.1 Å². The van der Waals surface area contributed by atoms with E-state index in [-0.39, 0.29) is 5.91 Å². The van der Waals surface area contributed by atoms with Gasteiger partial charge in [0.2, 0.25) is 0 Å². The van der Waals surface area contributed by atoms with Crippen LogP contribution < -0.4 is 5.43 Å². The summed E-state index contributed by atoms with van der Waals surface area (Å²) in [5.41, 5.74) is 6.33. The molecule has 4 rings (SSSR count). The Balaban J connectivity index is 1.55. The number of amides is 1. The summed E-state index contributed by atoms with van der Waals surface area (Å²) in [6.45, 7) is 0.719. The summed E-state index contributed by atoms with van der Waals surface area (Å²) < 4.78 is 3.09. The molecule has 0 aliphatic heterocycles. The maximum Gasteiger partial charge on any atom is 0.271 e. The van der Waals surface area contributed by atoms with Crippen molar-refractivity contribution in [1.29, 1.82) is 0 Å². The zero-order valence-electron chi connectivity index (χ0n) is 15.3. The summed E-state index contributed by atoms with van der Waals surface area (Å²) in [5, 5.41) is 5.95. The Morgan fingerprint density at radius 2 is 1.76 bits per heavy atom. The van der Waals surface area contributed by atoms with Crippen LogP contribution in [0.5, 0.6) is 0 Å². The van der Waals surface area contributed by atoms with Crippen molar-refractivity contribution in [2.75, 3.05) is 0 Å². The van der Waals surface area contributed by atoms with Crippen LogP contribution in [0.2, 0.25) is 5.02 Å². The highest BCUT2D eigenvalue weighted by Crippen LogP contribution is 2.22. The molecule has 4 nitrogen and oxygen atoms in total. The number of aromatic nitrogens is 1. The number of benzene rings is 3. The maximum atomic E-state index is 12.2. The Hall–Kier alpha value is -2.89. The minimum atomic E-state index is -0.251. The van der Waals surface area contributed by atoms with Crippen LogP contribution in [-0.4, -0.2) is 16.7 Å². The minimum absolute atomic E-state index is 0.251. The van der Waals surface area contributed by atoms with Crippen molar-refractivity contribution in [3.8, 4) is 0 Å². The predicted molar refractivity (Wildman–Crippen MR) is 122 cm³/mol. The zero-order chi connectivity index (χ0) is 20.2. The SMILES string of the molecule is O=C(N/N=C\c1cn(Cc2ccc(Cl)cc2)c2ccccc12)c1ccc(Br)cc1. The van der Waals surface area contributed by atoms with E-state index in [1.54, 1.807) is 18.3 Å². The molecule has 1 N–H and O–H groups in total. The summed E-state index contributed by atoms with van der Waals surface area (Å²) in [4.78, 5) is 12.2. The fraction of sp³-hybridized carbons (Fsp3) is 0.0435. The third kappa shape index (κ3) is 4.58. The van der Waals surface area contributed by atoms with E-state index < -0.39 is 0 Å². The van der Waals surface area contributed by atoms with Gasteiger partial charge in [-0.25, -0.2) is 5.43 Å². The van der Waals surface area contributed by atoms with Crippen molar-refractivity contribution in [2.24, 2.45) is 5.10 Å². The number of hydrazone groups is 1. The second kappa shape index (κ2) is 8.64. The van der Waals surface area contributed by atoms with Crippen LogP contribution in [0.15, 0.2) is 88.6 Å². The lowest BCUT2D eigenvalue weighted by Gasteiger charge is -2.05. The average molecular weight is 467 g/mol. The largest absolute Gasteiger partial charge is 0.342 e. The van der Waals surface area contributed by atoms with Crippen molar-refractivity contribution in [1.82, 2.24) is 9.99 Å². The third-order valence-corrected chi connectivity index (χ3v) is 5.34. The number of halogens is 2. The zero-order valence-corrected chi connectivity index (χ0v) is 17.7. The number of carbonyl (C=O) groups is 1. The van der Waals surface area contributed by atoms with Crippen molar-refractivity contribution < 1.29 is 4.79 Å². The topological polar surface area (TPSA) is 46.4 Å². The van der Waals surface area contributed by atoms with E-state index in [0.29, 0.717) is 5.56 Å². The van der Waals surface area contributed by atoms with Crippen LogP contribution in [0, 0.1) is 0 Å². The second-order valence-electron chi connectivity index (χ2n) is 6.56. The number of para-hydroxylation sites is 1. The summed E-state index contributed by atoms with van der Waals surface area (Å²) in [6.07, 6.45) is 3.71. The van der Waals surface area contributed by atoms with Crippen molar-refractivity contribution in [3.05, 3.63) is 105 Å². The van der Waals surface area contributed by atoms with Crippen LogP contribution in [0.4, 0.5) is 0 Å². The van der Waals surface area contributed by atoms with Gasteiger partial charge in [-0.15, -0.1) is 0 Å².